The molecule has 0 radical (unpaired) electrons. The number of amides is 1. The Labute approximate surface area is 187 Å². The zero-order chi connectivity index (χ0) is 20.7. The fourth-order valence-electron chi connectivity index (χ4n) is 5.00. The van der Waals surface area contributed by atoms with Crippen LogP contribution >= 0.6 is 15.9 Å². The summed E-state index contributed by atoms with van der Waals surface area (Å²) in [7, 11) is 1.85. The van der Waals surface area contributed by atoms with E-state index in [1.807, 2.05) is 19.2 Å². The minimum Gasteiger partial charge on any atom is -0.368 e. The third-order valence-corrected chi connectivity index (χ3v) is 7.36. The van der Waals surface area contributed by atoms with E-state index in [2.05, 4.69) is 56.1 Å². The Morgan fingerprint density at radius 3 is 2.47 bits per heavy atom. The maximum atomic E-state index is 12.6. The van der Waals surface area contributed by atoms with Gasteiger partial charge in [0.15, 0.2) is 5.82 Å². The Balaban J connectivity index is 1.32. The van der Waals surface area contributed by atoms with E-state index in [0.29, 0.717) is 18.6 Å². The molecule has 0 atom stereocenters. The van der Waals surface area contributed by atoms with Crippen LogP contribution in [-0.2, 0) is 4.79 Å². The van der Waals surface area contributed by atoms with E-state index in [1.54, 1.807) is 4.90 Å². The normalized spacial score (nSPS) is 24.0. The number of hydrogen-bond acceptors (Lipinski definition) is 4. The Bertz CT molecular complexity index is 909. The summed E-state index contributed by atoms with van der Waals surface area (Å²) in [6, 6.07) is 15.8. The van der Waals surface area contributed by atoms with Crippen molar-refractivity contribution in [3.63, 3.8) is 0 Å². The van der Waals surface area contributed by atoms with Gasteiger partial charge in [-0.25, -0.2) is 4.98 Å². The molecule has 5 rings (SSSR count). The molecule has 2 fully saturated rings. The van der Waals surface area contributed by atoms with Gasteiger partial charge in [0.05, 0.1) is 12.2 Å². The van der Waals surface area contributed by atoms with Crippen LogP contribution in [0.5, 0.6) is 0 Å². The van der Waals surface area contributed by atoms with Gasteiger partial charge in [0.2, 0.25) is 5.91 Å². The van der Waals surface area contributed by atoms with Crippen LogP contribution in [0.2, 0.25) is 0 Å². The van der Waals surface area contributed by atoms with Crippen molar-refractivity contribution in [3.05, 3.63) is 47.1 Å². The van der Waals surface area contributed by atoms with Crippen LogP contribution in [0.15, 0.2) is 47.1 Å². The number of para-hydroxylation sites is 1. The standard InChI is InChI=1S/C24H29BrN4O/c1-27-21-13-14-22(25)26-24(21)29(16-23(27)30)20-11-9-19(10-12-20)28(15-17-7-8-17)18-5-3-2-4-6-18/h2-6,13-14,17,19-20H,7-12,15-16H2,1H3. The van der Waals surface area contributed by atoms with E-state index >= 15 is 0 Å². The molecule has 2 aromatic rings. The molecule has 1 aromatic carbocycles. The van der Waals surface area contributed by atoms with Gasteiger partial charge in [-0.3, -0.25) is 4.79 Å². The second-order valence-electron chi connectivity index (χ2n) is 8.95. The first-order chi connectivity index (χ1) is 14.6. The first kappa shape index (κ1) is 19.9. The number of fused-ring (bicyclic) bond motifs is 1. The van der Waals surface area contributed by atoms with Crippen LogP contribution in [0.3, 0.4) is 0 Å². The monoisotopic (exact) mass is 468 g/mol. The van der Waals surface area contributed by atoms with Gasteiger partial charge in [0.1, 0.15) is 4.60 Å². The average Bonchev–Trinajstić information content (AvgIpc) is 3.60. The van der Waals surface area contributed by atoms with Crippen molar-refractivity contribution >= 4 is 39.0 Å². The summed E-state index contributed by atoms with van der Waals surface area (Å²) in [5.41, 5.74) is 2.27. The van der Waals surface area contributed by atoms with Crippen molar-refractivity contribution in [2.45, 2.75) is 50.6 Å². The summed E-state index contributed by atoms with van der Waals surface area (Å²) in [6.07, 6.45) is 7.28. The molecule has 1 aromatic heterocycles. The molecule has 2 saturated carbocycles. The number of halogens is 1. The molecule has 3 aliphatic rings. The van der Waals surface area contributed by atoms with Crippen molar-refractivity contribution in [1.82, 2.24) is 4.98 Å². The number of hydrogen-bond donors (Lipinski definition) is 0. The van der Waals surface area contributed by atoms with Gasteiger partial charge >= 0.3 is 0 Å². The van der Waals surface area contributed by atoms with E-state index in [0.717, 1.165) is 47.7 Å². The number of likely N-dealkylation sites (N-methyl/N-ethyl adjacent to an activating group) is 1. The van der Waals surface area contributed by atoms with Crippen molar-refractivity contribution in [2.75, 3.05) is 34.8 Å². The fraction of sp³-hybridized carbons (Fsp3) is 0.500. The van der Waals surface area contributed by atoms with Crippen molar-refractivity contribution in [3.8, 4) is 0 Å². The van der Waals surface area contributed by atoms with E-state index < -0.39 is 0 Å². The lowest BCUT2D eigenvalue weighted by molar-refractivity contribution is -0.117. The summed E-state index contributed by atoms with van der Waals surface area (Å²) in [5, 5.41) is 0. The highest BCUT2D eigenvalue weighted by molar-refractivity contribution is 9.10. The van der Waals surface area contributed by atoms with Crippen molar-refractivity contribution < 1.29 is 4.79 Å². The first-order valence-electron chi connectivity index (χ1n) is 11.1. The van der Waals surface area contributed by atoms with Crippen LogP contribution in [0.25, 0.3) is 0 Å². The second-order valence-corrected chi connectivity index (χ2v) is 9.76. The Morgan fingerprint density at radius 1 is 1.03 bits per heavy atom. The minimum atomic E-state index is 0.147. The molecule has 0 spiro atoms. The SMILES string of the molecule is CN1C(=O)CN(C2CCC(N(CC3CC3)c3ccccc3)CC2)c2nc(Br)ccc21. The molecule has 1 aliphatic heterocycles. The number of carbonyl (C=O) groups excluding carboxylic acids is 1. The molecular formula is C24H29BrN4O. The smallest absolute Gasteiger partial charge is 0.246 e. The van der Waals surface area contributed by atoms with Crippen LogP contribution in [0, 0.1) is 5.92 Å². The van der Waals surface area contributed by atoms with Crippen molar-refractivity contribution in [2.24, 2.45) is 5.92 Å². The third kappa shape index (κ3) is 3.94. The van der Waals surface area contributed by atoms with Crippen LogP contribution < -0.4 is 14.7 Å². The molecule has 158 valence electrons. The summed E-state index contributed by atoms with van der Waals surface area (Å²) < 4.78 is 0.822. The van der Waals surface area contributed by atoms with Gasteiger partial charge < -0.3 is 14.7 Å². The summed E-state index contributed by atoms with van der Waals surface area (Å²) in [4.78, 5) is 24.0. The lowest BCUT2D eigenvalue weighted by atomic mass is 9.88. The number of anilines is 3. The van der Waals surface area contributed by atoms with E-state index in [-0.39, 0.29) is 5.91 Å². The topological polar surface area (TPSA) is 39.7 Å². The zero-order valence-electron chi connectivity index (χ0n) is 17.5. The molecule has 6 heteroatoms. The lowest BCUT2D eigenvalue weighted by Crippen LogP contribution is -2.51. The first-order valence-corrected chi connectivity index (χ1v) is 11.9. The maximum Gasteiger partial charge on any atom is 0.246 e. The number of carbonyl (C=O) groups is 1. The maximum absolute atomic E-state index is 12.6. The number of rotatable bonds is 5. The van der Waals surface area contributed by atoms with Crippen LogP contribution in [-0.4, -0.2) is 43.1 Å². The molecule has 0 saturated heterocycles. The molecule has 30 heavy (non-hydrogen) atoms. The van der Waals surface area contributed by atoms with Gasteiger partial charge in [0, 0.05) is 31.4 Å². The predicted octanol–water partition coefficient (Wildman–Crippen LogP) is 4.85. The van der Waals surface area contributed by atoms with E-state index in [4.69, 9.17) is 4.98 Å². The summed E-state index contributed by atoms with van der Waals surface area (Å²) in [6.45, 7) is 1.61. The van der Waals surface area contributed by atoms with Gasteiger partial charge in [0.25, 0.3) is 0 Å². The van der Waals surface area contributed by atoms with Crippen molar-refractivity contribution in [1.29, 1.82) is 0 Å². The molecule has 0 bridgehead atoms. The molecule has 1 amide bonds. The minimum absolute atomic E-state index is 0.147. The largest absolute Gasteiger partial charge is 0.368 e. The number of nitrogens with zero attached hydrogens (tertiary/aromatic N) is 4. The number of pyridine rings is 1. The van der Waals surface area contributed by atoms with E-state index in [9.17, 15) is 4.79 Å². The second kappa shape index (κ2) is 8.22. The summed E-state index contributed by atoms with van der Waals surface area (Å²) in [5.74, 6) is 1.95. The Hall–Kier alpha value is -2.08. The fourth-order valence-corrected chi connectivity index (χ4v) is 5.30. The highest BCUT2D eigenvalue weighted by Gasteiger charge is 2.36. The highest BCUT2D eigenvalue weighted by atomic mass is 79.9. The predicted molar refractivity (Wildman–Crippen MR) is 125 cm³/mol. The lowest BCUT2D eigenvalue weighted by Gasteiger charge is -2.44. The average molecular weight is 469 g/mol. The van der Waals surface area contributed by atoms with Crippen LogP contribution in [0.4, 0.5) is 17.2 Å². The van der Waals surface area contributed by atoms with Gasteiger partial charge in [-0.2, -0.15) is 0 Å². The number of aromatic nitrogens is 1. The van der Waals surface area contributed by atoms with Gasteiger partial charge in [-0.05, 0) is 84.6 Å². The highest BCUT2D eigenvalue weighted by Crippen LogP contribution is 2.39. The Kier molecular flexibility index (Phi) is 5.44. The summed E-state index contributed by atoms with van der Waals surface area (Å²) >= 11 is 3.51. The van der Waals surface area contributed by atoms with E-state index in [1.165, 1.54) is 25.1 Å². The van der Waals surface area contributed by atoms with Gasteiger partial charge in [-0.1, -0.05) is 18.2 Å². The molecular weight excluding hydrogens is 440 g/mol. The Morgan fingerprint density at radius 2 is 1.77 bits per heavy atom. The van der Waals surface area contributed by atoms with Gasteiger partial charge in [-0.15, -0.1) is 0 Å². The third-order valence-electron chi connectivity index (χ3n) is 6.92. The molecule has 0 unspecified atom stereocenters. The number of benzene rings is 1. The molecule has 2 heterocycles. The molecule has 2 aliphatic carbocycles. The quantitative estimate of drug-likeness (QED) is 0.587. The van der Waals surface area contributed by atoms with Crippen LogP contribution in [0.1, 0.15) is 38.5 Å². The molecule has 5 nitrogen and oxygen atoms in total. The molecule has 0 N–H and O–H groups in total. The zero-order valence-corrected chi connectivity index (χ0v) is 19.1.